The van der Waals surface area contributed by atoms with E-state index in [-0.39, 0.29) is 40.5 Å². The molecule has 1 aromatic heterocycles. The Balaban J connectivity index is 0.00000306. The topological polar surface area (TPSA) is 153 Å². The molecule has 0 saturated carbocycles. The van der Waals surface area contributed by atoms with Gasteiger partial charge in [-0.2, -0.15) is 0 Å². The number of nitrogens with one attached hydrogen (secondary N) is 1. The maximum absolute atomic E-state index is 12.8. The quantitative estimate of drug-likeness (QED) is 0.218. The third kappa shape index (κ3) is 4.98. The van der Waals surface area contributed by atoms with Gasteiger partial charge in [0.2, 0.25) is 5.16 Å². The van der Waals surface area contributed by atoms with Gasteiger partial charge in [-0.3, -0.25) is 14.5 Å². The van der Waals surface area contributed by atoms with Crippen molar-refractivity contribution in [3.05, 3.63) is 47.2 Å². The molecule has 3 heterocycles. The van der Waals surface area contributed by atoms with Crippen LogP contribution in [0.5, 0.6) is 0 Å². The summed E-state index contributed by atoms with van der Waals surface area (Å²) in [6.45, 7) is 1.80. The van der Waals surface area contributed by atoms with E-state index in [2.05, 4.69) is 20.8 Å². The molecular formula is C19H19N6NaO5S2. The Hall–Kier alpha value is -1.90. The van der Waals surface area contributed by atoms with Gasteiger partial charge in [0.25, 0.3) is 11.8 Å². The molecule has 1 fully saturated rings. The van der Waals surface area contributed by atoms with Crippen LogP contribution in [-0.4, -0.2) is 70.4 Å². The molecule has 4 rings (SSSR count). The average Bonchev–Trinajstić information content (AvgIpc) is 3.20. The number of tetrazole rings is 1. The number of carboxylic acid groups (broad SMARTS) is 1. The summed E-state index contributed by atoms with van der Waals surface area (Å²) in [6, 6.07) is 7.40. The van der Waals surface area contributed by atoms with Gasteiger partial charge < -0.3 is 20.3 Å². The summed E-state index contributed by atoms with van der Waals surface area (Å²) < 4.78 is 1.47. The Labute approximate surface area is 219 Å². The first-order valence-corrected chi connectivity index (χ1v) is 11.5. The molecule has 2 aliphatic heterocycles. The van der Waals surface area contributed by atoms with Crippen LogP contribution in [0.15, 0.2) is 46.8 Å². The standard InChI is InChI=1S/C19H20N6O5S2.Na/c1-9(32-19-21-22-23-24(19)2)11-8-31-17-12(16(28)25(17)13(11)18(29)30)20-15(27)14(26)10-6-4-3-5-7-10;/h3-7,9,12,14,17,26H,8H2,1-2H3,(H,20,27)(H,29,30);/q;+1/p-1/t9?,12-,14?,17-;/m1./s1. The number of fused-ring (bicyclic) bond motifs is 1. The smallest absolute Gasteiger partial charge is 0.543 e. The van der Waals surface area contributed by atoms with E-state index in [0.717, 1.165) is 4.90 Å². The number of amides is 2. The molecule has 2 N–H and O–H groups in total. The number of β-lactam (4-membered cyclic amide) rings is 1. The number of nitrogens with zero attached hydrogens (tertiary/aromatic N) is 5. The summed E-state index contributed by atoms with van der Waals surface area (Å²) in [5, 5.41) is 35.5. The third-order valence-electron chi connectivity index (χ3n) is 5.21. The molecule has 0 bridgehead atoms. The summed E-state index contributed by atoms with van der Waals surface area (Å²) in [6.07, 6.45) is -1.44. The first kappa shape index (κ1) is 25.7. The molecule has 2 amide bonds. The van der Waals surface area contributed by atoms with E-state index >= 15 is 0 Å². The SMILES string of the molecule is CC(Sc1nnnn1C)C1=C(C(=O)[O-])N2C(=O)[C@@H](NC(=O)C(O)c3ccccc3)[C@H]2SC1.[Na+]. The number of aliphatic hydroxyl groups is 1. The van der Waals surface area contributed by atoms with Gasteiger partial charge in [0, 0.05) is 18.1 Å². The molecule has 14 heteroatoms. The number of aliphatic hydroxyl groups excluding tert-OH is 1. The number of hydrogen-bond acceptors (Lipinski definition) is 10. The Morgan fingerprint density at radius 1 is 1.33 bits per heavy atom. The maximum atomic E-state index is 12.8. The van der Waals surface area contributed by atoms with Gasteiger partial charge in [0.15, 0.2) is 6.10 Å². The minimum atomic E-state index is -1.46. The van der Waals surface area contributed by atoms with Gasteiger partial charge in [-0.25, -0.2) is 4.68 Å². The molecule has 33 heavy (non-hydrogen) atoms. The van der Waals surface area contributed by atoms with Crippen molar-refractivity contribution < 1.29 is 54.2 Å². The molecule has 1 saturated heterocycles. The second-order valence-corrected chi connectivity index (χ2v) is 9.63. The molecule has 0 spiro atoms. The van der Waals surface area contributed by atoms with Crippen molar-refractivity contribution in [3.8, 4) is 0 Å². The van der Waals surface area contributed by atoms with Crippen molar-refractivity contribution in [2.24, 2.45) is 7.05 Å². The number of carbonyl (C=O) groups is 3. The van der Waals surface area contributed by atoms with Crippen molar-refractivity contribution in [1.82, 2.24) is 30.4 Å². The zero-order valence-electron chi connectivity index (χ0n) is 18.0. The molecule has 2 unspecified atom stereocenters. The number of aliphatic carboxylic acids is 1. The minimum Gasteiger partial charge on any atom is -0.543 e. The third-order valence-corrected chi connectivity index (χ3v) is 7.70. The largest absolute Gasteiger partial charge is 1.00 e. The Morgan fingerprint density at radius 3 is 2.64 bits per heavy atom. The first-order chi connectivity index (χ1) is 15.3. The number of aryl methyl sites for hydroxylation is 1. The Morgan fingerprint density at radius 2 is 2.03 bits per heavy atom. The van der Waals surface area contributed by atoms with Gasteiger partial charge in [0.05, 0.1) is 11.7 Å². The van der Waals surface area contributed by atoms with E-state index in [1.165, 1.54) is 28.2 Å². The number of carbonyl (C=O) groups excluding carboxylic acids is 3. The number of rotatable bonds is 7. The summed E-state index contributed by atoms with van der Waals surface area (Å²) in [4.78, 5) is 38.3. The van der Waals surface area contributed by atoms with Crippen LogP contribution in [0.2, 0.25) is 0 Å². The van der Waals surface area contributed by atoms with Crippen molar-refractivity contribution in [1.29, 1.82) is 0 Å². The maximum Gasteiger partial charge on any atom is 1.00 e. The molecular weight excluding hydrogens is 479 g/mol. The molecule has 0 aliphatic carbocycles. The molecule has 0 radical (unpaired) electrons. The summed E-state index contributed by atoms with van der Waals surface area (Å²) >= 11 is 2.61. The van der Waals surface area contributed by atoms with Crippen LogP contribution in [0.3, 0.4) is 0 Å². The second-order valence-electron chi connectivity index (χ2n) is 7.22. The fourth-order valence-corrected chi connectivity index (χ4v) is 6.02. The Bertz CT molecular complexity index is 1100. The predicted molar refractivity (Wildman–Crippen MR) is 113 cm³/mol. The number of aromatic nitrogens is 4. The molecule has 1 aromatic carbocycles. The fraction of sp³-hybridized carbons (Fsp3) is 0.368. The van der Waals surface area contributed by atoms with Crippen LogP contribution in [0.25, 0.3) is 0 Å². The monoisotopic (exact) mass is 498 g/mol. The van der Waals surface area contributed by atoms with Crippen molar-refractivity contribution in [2.75, 3.05) is 5.75 Å². The zero-order chi connectivity index (χ0) is 23.0. The van der Waals surface area contributed by atoms with Crippen molar-refractivity contribution in [3.63, 3.8) is 0 Å². The van der Waals surface area contributed by atoms with Gasteiger partial charge >= 0.3 is 29.6 Å². The Kier molecular flexibility index (Phi) is 8.24. The van der Waals surface area contributed by atoms with Crippen LogP contribution in [0, 0.1) is 0 Å². The predicted octanol–water partition coefficient (Wildman–Crippen LogP) is -4.17. The van der Waals surface area contributed by atoms with Gasteiger partial charge in [0.1, 0.15) is 11.4 Å². The van der Waals surface area contributed by atoms with Crippen LogP contribution >= 0.6 is 23.5 Å². The zero-order valence-corrected chi connectivity index (χ0v) is 21.7. The minimum absolute atomic E-state index is 0. The van der Waals surface area contributed by atoms with E-state index in [1.54, 1.807) is 44.3 Å². The summed E-state index contributed by atoms with van der Waals surface area (Å²) in [7, 11) is 1.67. The van der Waals surface area contributed by atoms with Crippen molar-refractivity contribution >= 4 is 41.3 Å². The van der Waals surface area contributed by atoms with Gasteiger partial charge in [-0.1, -0.05) is 42.1 Å². The van der Waals surface area contributed by atoms with Crippen LogP contribution in [0.1, 0.15) is 18.6 Å². The first-order valence-electron chi connectivity index (χ1n) is 9.61. The van der Waals surface area contributed by atoms with Gasteiger partial charge in [-0.15, -0.1) is 16.9 Å². The van der Waals surface area contributed by atoms with Crippen LogP contribution in [0.4, 0.5) is 0 Å². The number of thioether (sulfide) groups is 2. The molecule has 2 aromatic rings. The normalized spacial score (nSPS) is 21.4. The summed E-state index contributed by atoms with van der Waals surface area (Å²) in [5.74, 6) is -2.43. The number of carboxylic acids is 1. The molecule has 11 nitrogen and oxygen atoms in total. The van der Waals surface area contributed by atoms with Gasteiger partial charge in [-0.05, 0) is 28.5 Å². The number of benzene rings is 1. The fourth-order valence-electron chi connectivity index (χ4n) is 3.51. The second kappa shape index (κ2) is 10.6. The van der Waals surface area contributed by atoms with Crippen LogP contribution < -0.4 is 40.0 Å². The molecule has 4 atom stereocenters. The van der Waals surface area contributed by atoms with E-state index in [9.17, 15) is 24.6 Å². The molecule has 168 valence electrons. The molecule has 2 aliphatic rings. The van der Waals surface area contributed by atoms with E-state index in [0.29, 0.717) is 22.0 Å². The number of hydrogen-bond donors (Lipinski definition) is 2. The van der Waals surface area contributed by atoms with E-state index in [4.69, 9.17) is 0 Å². The van der Waals surface area contributed by atoms with Crippen LogP contribution in [-0.2, 0) is 21.4 Å². The summed E-state index contributed by atoms with van der Waals surface area (Å²) in [5.41, 5.74) is 0.719. The van der Waals surface area contributed by atoms with E-state index in [1.807, 2.05) is 0 Å². The average molecular weight is 499 g/mol. The van der Waals surface area contributed by atoms with E-state index < -0.39 is 35.3 Å². The van der Waals surface area contributed by atoms with Crippen molar-refractivity contribution in [2.45, 2.75) is 34.8 Å².